The fraction of sp³-hybridized carbons (Fsp3) is 0.444. The van der Waals surface area contributed by atoms with Crippen LogP contribution in [-0.4, -0.2) is 42.1 Å². The lowest BCUT2D eigenvalue weighted by Gasteiger charge is -2.32. The summed E-state index contributed by atoms with van der Waals surface area (Å²) >= 11 is 0. The predicted octanol–water partition coefficient (Wildman–Crippen LogP) is 2.90. The van der Waals surface area contributed by atoms with E-state index in [0.29, 0.717) is 37.7 Å². The summed E-state index contributed by atoms with van der Waals surface area (Å²) < 4.78 is 16.9. The van der Waals surface area contributed by atoms with Gasteiger partial charge >= 0.3 is 0 Å². The molecule has 1 aliphatic rings. The van der Waals surface area contributed by atoms with Crippen LogP contribution in [0.4, 0.5) is 0 Å². The summed E-state index contributed by atoms with van der Waals surface area (Å²) in [6.07, 6.45) is -0.245. The van der Waals surface area contributed by atoms with Gasteiger partial charge in [-0.1, -0.05) is 0 Å². The molecule has 3 heterocycles. The molecule has 0 saturated carbocycles. The van der Waals surface area contributed by atoms with Gasteiger partial charge in [-0.05, 0) is 45.0 Å². The van der Waals surface area contributed by atoms with Crippen molar-refractivity contribution in [2.75, 3.05) is 26.3 Å². The molecule has 24 heavy (non-hydrogen) atoms. The number of carbonyl (C=O) groups is 1. The molecule has 0 aliphatic carbocycles. The van der Waals surface area contributed by atoms with Crippen molar-refractivity contribution in [3.05, 3.63) is 47.0 Å². The Morgan fingerprint density at radius 2 is 2.17 bits per heavy atom. The molecule has 1 atom stereocenters. The van der Waals surface area contributed by atoms with Crippen LogP contribution in [0, 0.1) is 13.8 Å². The molecule has 0 bridgehead atoms. The summed E-state index contributed by atoms with van der Waals surface area (Å²) in [7, 11) is 0. The number of rotatable bonds is 4. The third-order valence-corrected chi connectivity index (χ3v) is 3.94. The zero-order chi connectivity index (χ0) is 17.1. The van der Waals surface area contributed by atoms with Gasteiger partial charge in [0.2, 0.25) is 5.88 Å². The largest absolute Gasteiger partial charge is 0.477 e. The number of ether oxygens (including phenoxy) is 2. The number of morpholine rings is 1. The average molecular weight is 330 g/mol. The number of amides is 1. The first-order chi connectivity index (χ1) is 11.6. The lowest BCUT2D eigenvalue weighted by atomic mass is 10.1. The van der Waals surface area contributed by atoms with Crippen molar-refractivity contribution in [2.45, 2.75) is 26.9 Å². The Hall–Kier alpha value is -2.34. The number of nitrogens with zero attached hydrogens (tertiary/aromatic N) is 2. The van der Waals surface area contributed by atoms with E-state index in [1.165, 1.54) is 0 Å². The maximum absolute atomic E-state index is 12.9. The number of aryl methyl sites for hydroxylation is 2. The second-order valence-electron chi connectivity index (χ2n) is 5.80. The summed E-state index contributed by atoms with van der Waals surface area (Å²) in [6.45, 7) is 7.57. The second kappa shape index (κ2) is 7.05. The highest BCUT2D eigenvalue weighted by Crippen LogP contribution is 2.26. The van der Waals surface area contributed by atoms with Crippen molar-refractivity contribution < 1.29 is 18.7 Å². The highest BCUT2D eigenvalue weighted by Gasteiger charge is 2.29. The van der Waals surface area contributed by atoms with Crippen LogP contribution >= 0.6 is 0 Å². The Morgan fingerprint density at radius 1 is 1.33 bits per heavy atom. The SMILES string of the molecule is CCOc1nc(C)ccc1C(=O)N1CCO[C@@H](c2ccc(C)o2)C1. The molecule has 0 spiro atoms. The molecule has 0 aromatic carbocycles. The molecular weight excluding hydrogens is 308 g/mol. The van der Waals surface area contributed by atoms with Gasteiger partial charge in [0.1, 0.15) is 23.2 Å². The summed E-state index contributed by atoms with van der Waals surface area (Å²) in [6, 6.07) is 7.39. The molecule has 6 nitrogen and oxygen atoms in total. The molecule has 6 heteroatoms. The summed E-state index contributed by atoms with van der Waals surface area (Å²) in [5.74, 6) is 1.87. The van der Waals surface area contributed by atoms with Crippen LogP contribution in [0.2, 0.25) is 0 Å². The van der Waals surface area contributed by atoms with Crippen LogP contribution < -0.4 is 4.74 Å². The van der Waals surface area contributed by atoms with Crippen LogP contribution in [0.1, 0.15) is 40.6 Å². The maximum Gasteiger partial charge on any atom is 0.259 e. The van der Waals surface area contributed by atoms with E-state index < -0.39 is 0 Å². The molecule has 1 fully saturated rings. The summed E-state index contributed by atoms with van der Waals surface area (Å²) in [5.41, 5.74) is 1.31. The van der Waals surface area contributed by atoms with E-state index in [1.807, 2.05) is 39.0 Å². The van der Waals surface area contributed by atoms with Gasteiger partial charge in [-0.15, -0.1) is 0 Å². The molecule has 1 aliphatic heterocycles. The van der Waals surface area contributed by atoms with Gasteiger partial charge in [0.05, 0.1) is 19.8 Å². The lowest BCUT2D eigenvalue weighted by molar-refractivity contribution is -0.0325. The molecule has 2 aromatic rings. The Kier molecular flexibility index (Phi) is 4.85. The Labute approximate surface area is 141 Å². The van der Waals surface area contributed by atoms with Gasteiger partial charge in [-0.3, -0.25) is 4.79 Å². The predicted molar refractivity (Wildman–Crippen MR) is 88.2 cm³/mol. The van der Waals surface area contributed by atoms with Crippen LogP contribution in [-0.2, 0) is 4.74 Å². The normalized spacial score (nSPS) is 17.8. The van der Waals surface area contributed by atoms with Gasteiger partial charge in [0.15, 0.2) is 0 Å². The van der Waals surface area contributed by atoms with Crippen molar-refractivity contribution in [1.29, 1.82) is 0 Å². The molecule has 0 radical (unpaired) electrons. The minimum absolute atomic E-state index is 0.0949. The number of hydrogen-bond acceptors (Lipinski definition) is 5. The average Bonchev–Trinajstić information content (AvgIpc) is 3.01. The zero-order valence-electron chi connectivity index (χ0n) is 14.2. The van der Waals surface area contributed by atoms with Crippen molar-refractivity contribution >= 4 is 5.91 Å². The summed E-state index contributed by atoms with van der Waals surface area (Å²) in [5, 5.41) is 0. The van der Waals surface area contributed by atoms with Crippen LogP contribution in [0.25, 0.3) is 0 Å². The quantitative estimate of drug-likeness (QED) is 0.862. The minimum Gasteiger partial charge on any atom is -0.477 e. The minimum atomic E-state index is -0.245. The first kappa shape index (κ1) is 16.5. The van der Waals surface area contributed by atoms with E-state index >= 15 is 0 Å². The number of pyridine rings is 1. The number of furan rings is 1. The second-order valence-corrected chi connectivity index (χ2v) is 5.80. The number of aromatic nitrogens is 1. The van der Waals surface area contributed by atoms with Gasteiger partial charge < -0.3 is 18.8 Å². The van der Waals surface area contributed by atoms with E-state index in [2.05, 4.69) is 4.98 Å². The standard InChI is InChI=1S/C18H22N2O4/c1-4-22-17-14(7-5-12(2)19-17)18(21)20-9-10-23-16(11-20)15-8-6-13(3)24-15/h5-8,16H,4,9-11H2,1-3H3/t16-/m1/s1. The third kappa shape index (κ3) is 3.43. The molecule has 1 saturated heterocycles. The Balaban J connectivity index is 1.79. The van der Waals surface area contributed by atoms with Crippen LogP contribution in [0.15, 0.2) is 28.7 Å². The van der Waals surface area contributed by atoms with Crippen molar-refractivity contribution in [3.8, 4) is 5.88 Å². The maximum atomic E-state index is 12.9. The lowest BCUT2D eigenvalue weighted by Crippen LogP contribution is -2.42. The third-order valence-electron chi connectivity index (χ3n) is 3.94. The van der Waals surface area contributed by atoms with Crippen molar-refractivity contribution in [1.82, 2.24) is 9.88 Å². The van der Waals surface area contributed by atoms with E-state index in [9.17, 15) is 4.79 Å². The van der Waals surface area contributed by atoms with E-state index in [0.717, 1.165) is 17.2 Å². The highest BCUT2D eigenvalue weighted by atomic mass is 16.5. The molecule has 128 valence electrons. The highest BCUT2D eigenvalue weighted by molar-refractivity contribution is 5.96. The molecule has 3 rings (SSSR count). The molecular formula is C18H22N2O4. The summed E-state index contributed by atoms with van der Waals surface area (Å²) in [4.78, 5) is 19.0. The first-order valence-corrected chi connectivity index (χ1v) is 8.16. The first-order valence-electron chi connectivity index (χ1n) is 8.16. The van der Waals surface area contributed by atoms with Crippen LogP contribution in [0.3, 0.4) is 0 Å². The number of carbonyl (C=O) groups excluding carboxylic acids is 1. The fourth-order valence-corrected chi connectivity index (χ4v) is 2.75. The van der Waals surface area contributed by atoms with Gasteiger partial charge in [0, 0.05) is 12.2 Å². The van der Waals surface area contributed by atoms with Crippen LogP contribution in [0.5, 0.6) is 5.88 Å². The van der Waals surface area contributed by atoms with E-state index in [-0.39, 0.29) is 12.0 Å². The zero-order valence-corrected chi connectivity index (χ0v) is 14.2. The van der Waals surface area contributed by atoms with E-state index in [1.54, 1.807) is 11.0 Å². The van der Waals surface area contributed by atoms with Gasteiger partial charge in [0.25, 0.3) is 5.91 Å². The number of hydrogen-bond donors (Lipinski definition) is 0. The van der Waals surface area contributed by atoms with Crippen molar-refractivity contribution in [3.63, 3.8) is 0 Å². The molecule has 1 amide bonds. The van der Waals surface area contributed by atoms with Crippen molar-refractivity contribution in [2.24, 2.45) is 0 Å². The smallest absolute Gasteiger partial charge is 0.259 e. The van der Waals surface area contributed by atoms with Gasteiger partial charge in [-0.25, -0.2) is 4.98 Å². The Morgan fingerprint density at radius 3 is 2.88 bits per heavy atom. The Bertz CT molecular complexity index is 726. The van der Waals surface area contributed by atoms with E-state index in [4.69, 9.17) is 13.9 Å². The van der Waals surface area contributed by atoms with Gasteiger partial charge in [-0.2, -0.15) is 0 Å². The fourth-order valence-electron chi connectivity index (χ4n) is 2.75. The molecule has 2 aromatic heterocycles. The molecule has 0 N–H and O–H groups in total. The monoisotopic (exact) mass is 330 g/mol. The topological polar surface area (TPSA) is 64.8 Å². The molecule has 0 unspecified atom stereocenters.